The van der Waals surface area contributed by atoms with Gasteiger partial charge < -0.3 is 5.73 Å². The molecule has 0 saturated carbocycles. The lowest BCUT2D eigenvalue weighted by atomic mass is 9.95. The van der Waals surface area contributed by atoms with Crippen LogP contribution < -0.4 is 5.73 Å². The number of benzene rings is 2. The van der Waals surface area contributed by atoms with Gasteiger partial charge in [-0.3, -0.25) is 4.90 Å². The summed E-state index contributed by atoms with van der Waals surface area (Å²) in [5, 5.41) is 0. The molecule has 1 heterocycles. The highest BCUT2D eigenvalue weighted by molar-refractivity contribution is 5.24. The van der Waals surface area contributed by atoms with E-state index in [1.165, 1.54) is 11.1 Å². The topological polar surface area (TPSA) is 29.3 Å². The molecule has 1 aliphatic heterocycles. The van der Waals surface area contributed by atoms with E-state index in [2.05, 4.69) is 65.6 Å². The molecule has 0 amide bonds. The standard InChI is InChI=1S/C17H20N2/c18-17-13-19(11-14-7-3-1-4-8-14)12-16(17)15-9-5-2-6-10-15/h1-10,16-17H,11-13,18H2. The number of hydrogen-bond donors (Lipinski definition) is 1. The van der Waals surface area contributed by atoms with Gasteiger partial charge in [0, 0.05) is 31.6 Å². The monoisotopic (exact) mass is 252 g/mol. The van der Waals surface area contributed by atoms with Gasteiger partial charge in [-0.1, -0.05) is 60.7 Å². The van der Waals surface area contributed by atoms with E-state index in [0.29, 0.717) is 5.92 Å². The van der Waals surface area contributed by atoms with Crippen LogP contribution in [0.1, 0.15) is 17.0 Å². The van der Waals surface area contributed by atoms with Gasteiger partial charge in [0.05, 0.1) is 0 Å². The van der Waals surface area contributed by atoms with E-state index in [1.54, 1.807) is 0 Å². The van der Waals surface area contributed by atoms with Crippen molar-refractivity contribution >= 4 is 0 Å². The number of hydrogen-bond acceptors (Lipinski definition) is 2. The lowest BCUT2D eigenvalue weighted by Gasteiger charge is -2.16. The molecule has 3 rings (SSSR count). The zero-order valence-corrected chi connectivity index (χ0v) is 11.1. The summed E-state index contributed by atoms with van der Waals surface area (Å²) in [6, 6.07) is 21.5. The minimum absolute atomic E-state index is 0.242. The van der Waals surface area contributed by atoms with E-state index in [4.69, 9.17) is 5.73 Å². The molecule has 2 heteroatoms. The fraction of sp³-hybridized carbons (Fsp3) is 0.294. The molecule has 0 spiro atoms. The average molecular weight is 252 g/mol. The Labute approximate surface area is 114 Å². The number of nitrogens with two attached hydrogens (primary N) is 1. The molecule has 0 aromatic heterocycles. The SMILES string of the molecule is NC1CN(Cc2ccccc2)CC1c1ccccc1. The number of rotatable bonds is 3. The minimum atomic E-state index is 0.242. The van der Waals surface area contributed by atoms with Crippen molar-refractivity contribution in [1.29, 1.82) is 0 Å². The highest BCUT2D eigenvalue weighted by atomic mass is 15.2. The summed E-state index contributed by atoms with van der Waals surface area (Å²) in [6.45, 7) is 3.03. The summed E-state index contributed by atoms with van der Waals surface area (Å²) in [5.74, 6) is 0.463. The van der Waals surface area contributed by atoms with Gasteiger partial charge >= 0.3 is 0 Å². The summed E-state index contributed by atoms with van der Waals surface area (Å²) in [7, 11) is 0. The summed E-state index contributed by atoms with van der Waals surface area (Å²) in [6.07, 6.45) is 0. The molecule has 2 unspecified atom stereocenters. The number of likely N-dealkylation sites (tertiary alicyclic amines) is 1. The van der Waals surface area contributed by atoms with Crippen LogP contribution in [0.25, 0.3) is 0 Å². The molecule has 2 aromatic carbocycles. The lowest BCUT2D eigenvalue weighted by Crippen LogP contribution is -2.28. The van der Waals surface area contributed by atoms with Crippen LogP contribution in [0, 0.1) is 0 Å². The molecule has 98 valence electrons. The first-order valence-corrected chi connectivity index (χ1v) is 6.90. The van der Waals surface area contributed by atoms with E-state index in [0.717, 1.165) is 19.6 Å². The normalized spacial score (nSPS) is 23.6. The van der Waals surface area contributed by atoms with Crippen LogP contribution in [-0.4, -0.2) is 24.0 Å². The molecular formula is C17H20N2. The average Bonchev–Trinajstić information content (AvgIpc) is 2.82. The van der Waals surface area contributed by atoms with Gasteiger partial charge in [0.25, 0.3) is 0 Å². The Morgan fingerprint density at radius 3 is 2.21 bits per heavy atom. The molecule has 2 nitrogen and oxygen atoms in total. The third kappa shape index (κ3) is 2.86. The van der Waals surface area contributed by atoms with Crippen LogP contribution in [-0.2, 0) is 6.54 Å². The molecule has 1 saturated heterocycles. The Kier molecular flexibility index (Phi) is 3.62. The minimum Gasteiger partial charge on any atom is -0.326 e. The van der Waals surface area contributed by atoms with Gasteiger partial charge in [-0.25, -0.2) is 0 Å². The first kappa shape index (κ1) is 12.4. The van der Waals surface area contributed by atoms with Crippen molar-refractivity contribution in [3.8, 4) is 0 Å². The Bertz CT molecular complexity index is 509. The predicted octanol–water partition coefficient (Wildman–Crippen LogP) is 2.61. The summed E-state index contributed by atoms with van der Waals surface area (Å²) < 4.78 is 0. The third-order valence-corrected chi connectivity index (χ3v) is 3.92. The Balaban J connectivity index is 1.69. The van der Waals surface area contributed by atoms with E-state index >= 15 is 0 Å². The van der Waals surface area contributed by atoms with Gasteiger partial charge in [0.1, 0.15) is 0 Å². The van der Waals surface area contributed by atoms with E-state index in [1.807, 2.05) is 0 Å². The fourth-order valence-corrected chi connectivity index (χ4v) is 2.94. The van der Waals surface area contributed by atoms with Gasteiger partial charge in [-0.15, -0.1) is 0 Å². The zero-order chi connectivity index (χ0) is 13.1. The Morgan fingerprint density at radius 2 is 1.53 bits per heavy atom. The van der Waals surface area contributed by atoms with Gasteiger partial charge in [-0.05, 0) is 11.1 Å². The molecule has 1 aliphatic rings. The second-order valence-electron chi connectivity index (χ2n) is 5.36. The maximum absolute atomic E-state index is 6.31. The maximum Gasteiger partial charge on any atom is 0.0250 e. The van der Waals surface area contributed by atoms with Crippen molar-refractivity contribution in [1.82, 2.24) is 4.90 Å². The third-order valence-electron chi connectivity index (χ3n) is 3.92. The van der Waals surface area contributed by atoms with Crippen molar-refractivity contribution < 1.29 is 0 Å². The molecule has 1 fully saturated rings. The van der Waals surface area contributed by atoms with Crippen LogP contribution in [0.5, 0.6) is 0 Å². The molecule has 0 bridgehead atoms. The highest BCUT2D eigenvalue weighted by Gasteiger charge is 2.30. The molecule has 19 heavy (non-hydrogen) atoms. The molecule has 2 atom stereocenters. The first-order valence-electron chi connectivity index (χ1n) is 6.90. The molecular weight excluding hydrogens is 232 g/mol. The molecule has 0 aliphatic carbocycles. The van der Waals surface area contributed by atoms with Crippen molar-refractivity contribution in [3.63, 3.8) is 0 Å². The molecule has 0 radical (unpaired) electrons. The van der Waals surface area contributed by atoms with Crippen LogP contribution in [0.2, 0.25) is 0 Å². The van der Waals surface area contributed by atoms with Crippen LogP contribution in [0.4, 0.5) is 0 Å². The highest BCUT2D eigenvalue weighted by Crippen LogP contribution is 2.27. The van der Waals surface area contributed by atoms with E-state index < -0.39 is 0 Å². The first-order chi connectivity index (χ1) is 9.33. The Morgan fingerprint density at radius 1 is 0.895 bits per heavy atom. The summed E-state index contributed by atoms with van der Waals surface area (Å²) in [4.78, 5) is 2.46. The second-order valence-corrected chi connectivity index (χ2v) is 5.36. The quantitative estimate of drug-likeness (QED) is 0.910. The smallest absolute Gasteiger partial charge is 0.0250 e. The Hall–Kier alpha value is -1.64. The summed E-state index contributed by atoms with van der Waals surface area (Å²) >= 11 is 0. The molecule has 2 aromatic rings. The van der Waals surface area contributed by atoms with Gasteiger partial charge in [0.2, 0.25) is 0 Å². The predicted molar refractivity (Wildman–Crippen MR) is 78.9 cm³/mol. The van der Waals surface area contributed by atoms with Crippen molar-refractivity contribution in [2.24, 2.45) is 5.73 Å². The van der Waals surface area contributed by atoms with E-state index in [9.17, 15) is 0 Å². The van der Waals surface area contributed by atoms with Crippen LogP contribution >= 0.6 is 0 Å². The van der Waals surface area contributed by atoms with Crippen molar-refractivity contribution in [2.45, 2.75) is 18.5 Å². The van der Waals surface area contributed by atoms with Crippen LogP contribution in [0.3, 0.4) is 0 Å². The second kappa shape index (κ2) is 5.55. The zero-order valence-electron chi connectivity index (χ0n) is 11.1. The van der Waals surface area contributed by atoms with Gasteiger partial charge in [-0.2, -0.15) is 0 Å². The van der Waals surface area contributed by atoms with Crippen LogP contribution in [0.15, 0.2) is 60.7 Å². The maximum atomic E-state index is 6.31. The fourth-order valence-electron chi connectivity index (χ4n) is 2.94. The van der Waals surface area contributed by atoms with Crippen molar-refractivity contribution in [3.05, 3.63) is 71.8 Å². The summed E-state index contributed by atoms with van der Waals surface area (Å²) in [5.41, 5.74) is 9.04. The van der Waals surface area contributed by atoms with Crippen molar-refractivity contribution in [2.75, 3.05) is 13.1 Å². The van der Waals surface area contributed by atoms with E-state index in [-0.39, 0.29) is 6.04 Å². The lowest BCUT2D eigenvalue weighted by molar-refractivity contribution is 0.324. The largest absolute Gasteiger partial charge is 0.326 e. The van der Waals surface area contributed by atoms with Gasteiger partial charge in [0.15, 0.2) is 0 Å². The molecule has 2 N–H and O–H groups in total. The number of nitrogens with zero attached hydrogens (tertiary/aromatic N) is 1.